The van der Waals surface area contributed by atoms with Crippen molar-refractivity contribution in [2.45, 2.75) is 40.5 Å². The average molecular weight is 282 g/mol. The van der Waals surface area contributed by atoms with Crippen LogP contribution in [0.1, 0.15) is 50.9 Å². The van der Waals surface area contributed by atoms with Crippen LogP contribution in [0.5, 0.6) is 0 Å². The van der Waals surface area contributed by atoms with E-state index in [9.17, 15) is 4.79 Å². The minimum absolute atomic E-state index is 0.0259. The van der Waals surface area contributed by atoms with E-state index in [0.717, 1.165) is 19.4 Å². The summed E-state index contributed by atoms with van der Waals surface area (Å²) in [4.78, 5) is 12.0. The van der Waals surface area contributed by atoms with Crippen molar-refractivity contribution >= 4 is 17.5 Å². The lowest BCUT2D eigenvalue weighted by Gasteiger charge is -2.30. The zero-order valence-corrected chi connectivity index (χ0v) is 13.1. The number of carbonyl (C=O) groups excluding carboxylic acids is 1. The van der Waals surface area contributed by atoms with E-state index >= 15 is 0 Å². The molecule has 1 unspecified atom stereocenters. The summed E-state index contributed by atoms with van der Waals surface area (Å²) >= 11 is 5.81. The van der Waals surface area contributed by atoms with Crippen molar-refractivity contribution < 1.29 is 4.79 Å². The van der Waals surface area contributed by atoms with Crippen LogP contribution in [0.4, 0.5) is 0 Å². The standard InChI is InChI=1S/C16H24ClNO/c1-5-6-13(16(2,3)4)11-18-15(19)12-7-9-14(17)10-8-12/h7-10,13H,5-6,11H2,1-4H3,(H,18,19). The monoisotopic (exact) mass is 281 g/mol. The smallest absolute Gasteiger partial charge is 0.251 e. The summed E-state index contributed by atoms with van der Waals surface area (Å²) in [5.41, 5.74) is 0.872. The third kappa shape index (κ3) is 5.23. The van der Waals surface area contributed by atoms with Crippen LogP contribution >= 0.6 is 11.6 Å². The van der Waals surface area contributed by atoms with Crippen LogP contribution in [0.25, 0.3) is 0 Å². The van der Waals surface area contributed by atoms with Crippen molar-refractivity contribution in [2.75, 3.05) is 6.54 Å². The molecule has 2 nitrogen and oxygen atoms in total. The van der Waals surface area contributed by atoms with Crippen LogP contribution in [0, 0.1) is 11.3 Å². The predicted molar refractivity (Wildman–Crippen MR) is 81.6 cm³/mol. The van der Waals surface area contributed by atoms with E-state index in [1.807, 2.05) is 0 Å². The van der Waals surface area contributed by atoms with E-state index < -0.39 is 0 Å². The topological polar surface area (TPSA) is 29.1 Å². The highest BCUT2D eigenvalue weighted by molar-refractivity contribution is 6.30. The van der Waals surface area contributed by atoms with Crippen molar-refractivity contribution in [3.8, 4) is 0 Å². The lowest BCUT2D eigenvalue weighted by Crippen LogP contribution is -2.35. The second-order valence-corrected chi connectivity index (χ2v) is 6.50. The average Bonchev–Trinajstić information content (AvgIpc) is 2.33. The third-order valence-electron chi connectivity index (χ3n) is 3.48. The zero-order chi connectivity index (χ0) is 14.5. The zero-order valence-electron chi connectivity index (χ0n) is 12.3. The van der Waals surface area contributed by atoms with Crippen molar-refractivity contribution in [1.82, 2.24) is 5.32 Å². The molecule has 1 N–H and O–H groups in total. The quantitative estimate of drug-likeness (QED) is 0.844. The molecule has 1 aromatic rings. The van der Waals surface area contributed by atoms with Gasteiger partial charge in [-0.3, -0.25) is 4.79 Å². The number of halogens is 1. The summed E-state index contributed by atoms with van der Waals surface area (Å²) < 4.78 is 0. The normalized spacial score (nSPS) is 13.1. The number of hydrogen-bond acceptors (Lipinski definition) is 1. The van der Waals surface area contributed by atoms with Gasteiger partial charge in [-0.25, -0.2) is 0 Å². The molecule has 106 valence electrons. The Bertz CT molecular complexity index is 406. The molecule has 0 aliphatic rings. The molecular weight excluding hydrogens is 258 g/mol. The fourth-order valence-corrected chi connectivity index (χ4v) is 2.23. The van der Waals surface area contributed by atoms with Crippen molar-refractivity contribution in [3.63, 3.8) is 0 Å². The second kappa shape index (κ2) is 6.95. The molecule has 3 heteroatoms. The summed E-state index contributed by atoms with van der Waals surface area (Å²) in [6, 6.07) is 6.99. The molecule has 1 atom stereocenters. The van der Waals surface area contributed by atoms with Crippen molar-refractivity contribution in [3.05, 3.63) is 34.9 Å². The van der Waals surface area contributed by atoms with Gasteiger partial charge in [-0.05, 0) is 42.0 Å². The minimum atomic E-state index is -0.0259. The van der Waals surface area contributed by atoms with E-state index in [1.54, 1.807) is 24.3 Å². The molecule has 0 bridgehead atoms. The molecule has 0 aliphatic heterocycles. The number of carbonyl (C=O) groups is 1. The van der Waals surface area contributed by atoms with Gasteiger partial charge in [0.05, 0.1) is 0 Å². The highest BCUT2D eigenvalue weighted by Crippen LogP contribution is 2.29. The maximum absolute atomic E-state index is 12.0. The van der Waals surface area contributed by atoms with Crippen molar-refractivity contribution in [1.29, 1.82) is 0 Å². The van der Waals surface area contributed by atoms with Gasteiger partial charge in [0.25, 0.3) is 5.91 Å². The maximum Gasteiger partial charge on any atom is 0.251 e. The fraction of sp³-hybridized carbons (Fsp3) is 0.562. The minimum Gasteiger partial charge on any atom is -0.352 e. The van der Waals surface area contributed by atoms with Gasteiger partial charge in [0.2, 0.25) is 0 Å². The Labute approximate surface area is 121 Å². The highest BCUT2D eigenvalue weighted by atomic mass is 35.5. The summed E-state index contributed by atoms with van der Waals surface area (Å²) in [6.45, 7) is 9.57. The van der Waals surface area contributed by atoms with E-state index in [-0.39, 0.29) is 11.3 Å². The lowest BCUT2D eigenvalue weighted by atomic mass is 9.78. The van der Waals surface area contributed by atoms with Crippen LogP contribution in [0.3, 0.4) is 0 Å². The molecule has 0 aliphatic carbocycles. The van der Waals surface area contributed by atoms with Gasteiger partial charge >= 0.3 is 0 Å². The van der Waals surface area contributed by atoms with Gasteiger partial charge in [0, 0.05) is 17.1 Å². The first kappa shape index (κ1) is 16.0. The Balaban J connectivity index is 2.59. The molecule has 0 fully saturated rings. The summed E-state index contributed by atoms with van der Waals surface area (Å²) in [5, 5.41) is 3.68. The van der Waals surface area contributed by atoms with Crippen LogP contribution in [-0.2, 0) is 0 Å². The van der Waals surface area contributed by atoms with E-state index in [4.69, 9.17) is 11.6 Å². The SMILES string of the molecule is CCCC(CNC(=O)c1ccc(Cl)cc1)C(C)(C)C. The Morgan fingerprint density at radius 1 is 1.26 bits per heavy atom. The first-order valence-corrected chi connectivity index (χ1v) is 7.26. The summed E-state index contributed by atoms with van der Waals surface area (Å²) in [7, 11) is 0. The molecule has 1 aromatic carbocycles. The van der Waals surface area contributed by atoms with Gasteiger partial charge in [-0.15, -0.1) is 0 Å². The molecular formula is C16H24ClNO. The Kier molecular flexibility index (Phi) is 5.86. The van der Waals surface area contributed by atoms with E-state index in [1.165, 1.54) is 0 Å². The van der Waals surface area contributed by atoms with Crippen LogP contribution in [0.2, 0.25) is 5.02 Å². The molecule has 0 spiro atoms. The molecule has 0 saturated heterocycles. The fourth-order valence-electron chi connectivity index (χ4n) is 2.11. The van der Waals surface area contributed by atoms with Gasteiger partial charge < -0.3 is 5.32 Å². The Morgan fingerprint density at radius 3 is 2.32 bits per heavy atom. The van der Waals surface area contributed by atoms with Gasteiger partial charge in [0.1, 0.15) is 0 Å². The highest BCUT2D eigenvalue weighted by Gasteiger charge is 2.24. The number of benzene rings is 1. The Hall–Kier alpha value is -1.02. The first-order chi connectivity index (χ1) is 8.84. The molecule has 0 aromatic heterocycles. The Morgan fingerprint density at radius 2 is 1.84 bits per heavy atom. The van der Waals surface area contributed by atoms with Crippen LogP contribution in [0.15, 0.2) is 24.3 Å². The van der Waals surface area contributed by atoms with Crippen molar-refractivity contribution in [2.24, 2.45) is 11.3 Å². The predicted octanol–water partition coefficient (Wildman–Crippen LogP) is 4.53. The number of nitrogens with one attached hydrogen (secondary N) is 1. The molecule has 19 heavy (non-hydrogen) atoms. The summed E-state index contributed by atoms with van der Waals surface area (Å²) in [6.07, 6.45) is 2.27. The molecule has 0 saturated carbocycles. The van der Waals surface area contributed by atoms with E-state index in [2.05, 4.69) is 33.0 Å². The lowest BCUT2D eigenvalue weighted by molar-refractivity contribution is 0.0931. The summed E-state index contributed by atoms with van der Waals surface area (Å²) in [5.74, 6) is 0.468. The van der Waals surface area contributed by atoms with Crippen LogP contribution < -0.4 is 5.32 Å². The van der Waals surface area contributed by atoms with Gasteiger partial charge in [0.15, 0.2) is 0 Å². The molecule has 0 heterocycles. The van der Waals surface area contributed by atoms with Crippen LogP contribution in [-0.4, -0.2) is 12.5 Å². The largest absolute Gasteiger partial charge is 0.352 e. The first-order valence-electron chi connectivity index (χ1n) is 6.88. The number of hydrogen-bond donors (Lipinski definition) is 1. The number of amides is 1. The molecule has 1 rings (SSSR count). The van der Waals surface area contributed by atoms with Gasteiger partial charge in [-0.1, -0.05) is 45.7 Å². The van der Waals surface area contributed by atoms with E-state index in [0.29, 0.717) is 16.5 Å². The molecule has 1 amide bonds. The molecule has 0 radical (unpaired) electrons. The van der Waals surface area contributed by atoms with Gasteiger partial charge in [-0.2, -0.15) is 0 Å². The number of rotatable bonds is 5. The maximum atomic E-state index is 12.0. The third-order valence-corrected chi connectivity index (χ3v) is 3.73. The second-order valence-electron chi connectivity index (χ2n) is 6.07.